The van der Waals surface area contributed by atoms with Crippen LogP contribution in [0.5, 0.6) is 0 Å². The van der Waals surface area contributed by atoms with E-state index in [0.29, 0.717) is 11.9 Å². The first kappa shape index (κ1) is 13.6. The van der Waals surface area contributed by atoms with Crippen LogP contribution in [0, 0.1) is 0 Å². The molecule has 0 bridgehead atoms. The van der Waals surface area contributed by atoms with Gasteiger partial charge in [-0.05, 0) is 25.5 Å². The van der Waals surface area contributed by atoms with Crippen molar-refractivity contribution in [2.45, 2.75) is 45.6 Å². The van der Waals surface area contributed by atoms with E-state index in [1.54, 1.807) is 6.20 Å². The van der Waals surface area contributed by atoms with Crippen LogP contribution >= 0.6 is 0 Å². The molecule has 0 spiro atoms. The first-order valence-corrected chi connectivity index (χ1v) is 6.96. The highest BCUT2D eigenvalue weighted by atomic mass is 15.1. The molecular weight excluding hydrogens is 236 g/mol. The molecule has 1 atom stereocenters. The van der Waals surface area contributed by atoms with Gasteiger partial charge in [0, 0.05) is 17.8 Å². The van der Waals surface area contributed by atoms with Crippen LogP contribution in [0.25, 0.3) is 11.3 Å². The van der Waals surface area contributed by atoms with E-state index < -0.39 is 0 Å². The maximum absolute atomic E-state index is 5.75. The largest absolute Gasteiger partial charge is 0.384 e. The third kappa shape index (κ3) is 3.34. The molecule has 0 saturated heterocycles. The number of rotatable bonds is 6. The second-order valence-electron chi connectivity index (χ2n) is 5.00. The summed E-state index contributed by atoms with van der Waals surface area (Å²) in [5, 5.41) is 0. The molecule has 0 aliphatic heterocycles. The fourth-order valence-electron chi connectivity index (χ4n) is 2.32. The highest BCUT2D eigenvalue weighted by Crippen LogP contribution is 2.25. The number of nitrogen functional groups attached to an aromatic ring is 1. The normalized spacial score (nSPS) is 12.5. The predicted molar refractivity (Wildman–Crippen MR) is 78.7 cm³/mol. The first-order valence-electron chi connectivity index (χ1n) is 6.96. The van der Waals surface area contributed by atoms with Crippen LogP contribution in [0.2, 0.25) is 0 Å². The second-order valence-corrected chi connectivity index (χ2v) is 5.00. The first-order chi connectivity index (χ1) is 9.22. The Morgan fingerprint density at radius 3 is 2.95 bits per heavy atom. The van der Waals surface area contributed by atoms with Crippen molar-refractivity contribution in [3.8, 4) is 11.3 Å². The smallest absolute Gasteiger partial charge is 0.123 e. The van der Waals surface area contributed by atoms with Crippen LogP contribution < -0.4 is 5.73 Å². The van der Waals surface area contributed by atoms with Gasteiger partial charge in [-0.2, -0.15) is 0 Å². The molecule has 2 rings (SSSR count). The lowest BCUT2D eigenvalue weighted by Gasteiger charge is -2.16. The zero-order valence-corrected chi connectivity index (χ0v) is 11.7. The molecule has 0 amide bonds. The number of nitrogens with zero attached hydrogens (tertiary/aromatic N) is 3. The van der Waals surface area contributed by atoms with Gasteiger partial charge in [-0.3, -0.25) is 0 Å². The van der Waals surface area contributed by atoms with Gasteiger partial charge in [-0.25, -0.2) is 9.97 Å². The van der Waals surface area contributed by atoms with Gasteiger partial charge in [-0.15, -0.1) is 0 Å². The Balaban J connectivity index is 2.17. The monoisotopic (exact) mass is 258 g/mol. The number of hydrogen-bond acceptors (Lipinski definition) is 3. The van der Waals surface area contributed by atoms with Crippen molar-refractivity contribution in [3.63, 3.8) is 0 Å². The van der Waals surface area contributed by atoms with Gasteiger partial charge in [0.05, 0.1) is 18.2 Å². The fourth-order valence-corrected chi connectivity index (χ4v) is 2.32. The van der Waals surface area contributed by atoms with Crippen LogP contribution in [-0.4, -0.2) is 14.5 Å². The molecule has 102 valence electrons. The molecule has 0 aromatic carbocycles. The summed E-state index contributed by atoms with van der Waals surface area (Å²) in [6.07, 6.45) is 10.5. The highest BCUT2D eigenvalue weighted by Gasteiger charge is 2.11. The number of hydrogen-bond donors (Lipinski definition) is 1. The van der Waals surface area contributed by atoms with Gasteiger partial charge in [0.1, 0.15) is 5.82 Å². The summed E-state index contributed by atoms with van der Waals surface area (Å²) in [5.41, 5.74) is 7.93. The van der Waals surface area contributed by atoms with E-state index in [-0.39, 0.29) is 0 Å². The number of unbranched alkanes of at least 4 members (excludes halogenated alkanes) is 2. The summed E-state index contributed by atoms with van der Waals surface area (Å²) >= 11 is 0. The minimum Gasteiger partial charge on any atom is -0.384 e. The van der Waals surface area contributed by atoms with Crippen LogP contribution in [-0.2, 0) is 0 Å². The lowest BCUT2D eigenvalue weighted by atomic mass is 10.1. The summed E-state index contributed by atoms with van der Waals surface area (Å²) in [5.74, 6) is 0.545. The average molecular weight is 258 g/mol. The summed E-state index contributed by atoms with van der Waals surface area (Å²) in [7, 11) is 0. The van der Waals surface area contributed by atoms with Crippen molar-refractivity contribution in [2.24, 2.45) is 0 Å². The van der Waals surface area contributed by atoms with E-state index in [1.807, 2.05) is 24.7 Å². The van der Waals surface area contributed by atoms with E-state index in [1.165, 1.54) is 25.7 Å². The van der Waals surface area contributed by atoms with E-state index in [0.717, 1.165) is 11.3 Å². The van der Waals surface area contributed by atoms with E-state index in [2.05, 4.69) is 28.4 Å². The molecule has 0 aliphatic rings. The minimum atomic E-state index is 0.457. The topological polar surface area (TPSA) is 56.7 Å². The predicted octanol–water partition coefficient (Wildman–Crippen LogP) is 3.67. The quantitative estimate of drug-likeness (QED) is 0.804. The Kier molecular flexibility index (Phi) is 4.55. The number of imidazole rings is 1. The van der Waals surface area contributed by atoms with E-state index >= 15 is 0 Å². The van der Waals surface area contributed by atoms with Gasteiger partial charge in [0.2, 0.25) is 0 Å². The third-order valence-corrected chi connectivity index (χ3v) is 3.44. The van der Waals surface area contributed by atoms with Gasteiger partial charge in [0.25, 0.3) is 0 Å². The number of nitrogens with two attached hydrogens (primary N) is 1. The Bertz CT molecular complexity index is 518. The molecule has 4 nitrogen and oxygen atoms in total. The molecule has 2 aromatic heterocycles. The summed E-state index contributed by atoms with van der Waals surface area (Å²) < 4.78 is 2.23. The van der Waals surface area contributed by atoms with Crippen molar-refractivity contribution >= 4 is 5.82 Å². The van der Waals surface area contributed by atoms with Crippen molar-refractivity contribution in [2.75, 3.05) is 5.73 Å². The summed E-state index contributed by atoms with van der Waals surface area (Å²) in [4.78, 5) is 8.31. The number of anilines is 1. The third-order valence-electron chi connectivity index (χ3n) is 3.44. The molecule has 4 heteroatoms. The molecule has 0 saturated carbocycles. The number of pyridine rings is 1. The van der Waals surface area contributed by atoms with E-state index in [9.17, 15) is 0 Å². The summed E-state index contributed by atoms with van der Waals surface area (Å²) in [6.45, 7) is 4.47. The zero-order chi connectivity index (χ0) is 13.7. The lowest BCUT2D eigenvalue weighted by Crippen LogP contribution is -2.05. The fraction of sp³-hybridized carbons (Fsp3) is 0.467. The molecule has 19 heavy (non-hydrogen) atoms. The van der Waals surface area contributed by atoms with Crippen molar-refractivity contribution in [1.29, 1.82) is 0 Å². The second kappa shape index (κ2) is 6.36. The maximum atomic E-state index is 5.75. The maximum Gasteiger partial charge on any atom is 0.123 e. The summed E-state index contributed by atoms with van der Waals surface area (Å²) in [6, 6.07) is 4.33. The highest BCUT2D eigenvalue weighted by molar-refractivity contribution is 5.61. The van der Waals surface area contributed by atoms with Crippen molar-refractivity contribution in [1.82, 2.24) is 14.5 Å². The lowest BCUT2D eigenvalue weighted by molar-refractivity contribution is 0.480. The molecule has 2 heterocycles. The molecule has 2 aromatic rings. The van der Waals surface area contributed by atoms with Crippen LogP contribution in [0.3, 0.4) is 0 Å². The van der Waals surface area contributed by atoms with Crippen LogP contribution in [0.15, 0.2) is 30.9 Å². The van der Waals surface area contributed by atoms with Gasteiger partial charge in [0.15, 0.2) is 0 Å². The van der Waals surface area contributed by atoms with Gasteiger partial charge >= 0.3 is 0 Å². The van der Waals surface area contributed by atoms with Crippen LogP contribution in [0.4, 0.5) is 5.82 Å². The Morgan fingerprint density at radius 1 is 1.37 bits per heavy atom. The van der Waals surface area contributed by atoms with E-state index in [4.69, 9.17) is 5.73 Å². The molecule has 2 N–H and O–H groups in total. The Labute approximate surface area is 114 Å². The van der Waals surface area contributed by atoms with Gasteiger partial charge < -0.3 is 10.3 Å². The number of aromatic nitrogens is 3. The molecule has 1 unspecified atom stereocenters. The molecule has 0 fully saturated rings. The van der Waals surface area contributed by atoms with Crippen molar-refractivity contribution < 1.29 is 0 Å². The average Bonchev–Trinajstić information content (AvgIpc) is 2.88. The van der Waals surface area contributed by atoms with Gasteiger partial charge in [-0.1, -0.05) is 26.2 Å². The SMILES string of the molecule is CCCCCC(C)n1cncc1-c1ccnc(N)c1. The standard InChI is InChI=1S/C15H22N4/c1-3-4-5-6-12(2)19-11-17-10-14(19)13-7-8-18-15(16)9-13/h7-12H,3-6H2,1-2H3,(H2,16,18). The minimum absolute atomic E-state index is 0.457. The zero-order valence-electron chi connectivity index (χ0n) is 11.7. The molecule has 0 aliphatic carbocycles. The van der Waals surface area contributed by atoms with Crippen molar-refractivity contribution in [3.05, 3.63) is 30.9 Å². The molecular formula is C15H22N4. The Morgan fingerprint density at radius 2 is 2.21 bits per heavy atom. The Hall–Kier alpha value is -1.84. The van der Waals surface area contributed by atoms with Crippen LogP contribution in [0.1, 0.15) is 45.6 Å². The molecule has 0 radical (unpaired) electrons.